The Morgan fingerprint density at radius 2 is 0.980 bits per heavy atom. The summed E-state index contributed by atoms with van der Waals surface area (Å²) in [4.78, 5) is 48.9. The van der Waals surface area contributed by atoms with Crippen LogP contribution in [0.25, 0.3) is 0 Å². The van der Waals surface area contributed by atoms with Crippen LogP contribution in [0.4, 0.5) is 0 Å². The number of hydrogen-bond acceptors (Lipinski definition) is 7. The standard InChI is InChI=1S/C41H73NO7/c1-6-8-10-12-14-16-18-20-22-24-26-28-30-32-39(48-36(4)44)38(34-47-35(3)43)42-41(46)40(49-37(5)45)33-31-29-27-25-23-21-19-17-15-13-11-9-7-2/h22,24,30,32,38-40H,6-21,23,25-29,31,33-34H2,1-5H3,(H,42,46)/b24-22+,32-30+/t38-,39+,40+/m0/s1. The molecule has 0 fully saturated rings. The van der Waals surface area contributed by atoms with E-state index in [1.807, 2.05) is 6.08 Å². The Hall–Kier alpha value is -2.64. The van der Waals surface area contributed by atoms with E-state index in [4.69, 9.17) is 14.2 Å². The molecule has 0 bridgehead atoms. The van der Waals surface area contributed by atoms with Crippen LogP contribution in [0.2, 0.25) is 0 Å². The number of carbonyl (C=O) groups is 4. The van der Waals surface area contributed by atoms with Gasteiger partial charge in [-0.2, -0.15) is 0 Å². The molecule has 8 heteroatoms. The third-order valence-electron chi connectivity index (χ3n) is 8.63. The molecule has 1 amide bonds. The number of unbranched alkanes of at least 4 members (excludes halogenated alkanes) is 20. The van der Waals surface area contributed by atoms with E-state index in [-0.39, 0.29) is 6.61 Å². The fourth-order valence-corrected chi connectivity index (χ4v) is 5.82. The number of esters is 3. The highest BCUT2D eigenvalue weighted by atomic mass is 16.6. The van der Waals surface area contributed by atoms with E-state index in [0.29, 0.717) is 6.42 Å². The van der Waals surface area contributed by atoms with Gasteiger partial charge in [0, 0.05) is 20.8 Å². The van der Waals surface area contributed by atoms with E-state index < -0.39 is 42.1 Å². The number of carbonyl (C=O) groups excluding carboxylic acids is 4. The minimum absolute atomic E-state index is 0.187. The maximum Gasteiger partial charge on any atom is 0.303 e. The summed E-state index contributed by atoms with van der Waals surface area (Å²) in [5, 5.41) is 2.84. The molecule has 0 aliphatic carbocycles. The lowest BCUT2D eigenvalue weighted by Crippen LogP contribution is -2.51. The molecule has 0 aromatic rings. The minimum atomic E-state index is -0.978. The molecule has 0 radical (unpaired) electrons. The van der Waals surface area contributed by atoms with Gasteiger partial charge in [-0.1, -0.05) is 148 Å². The van der Waals surface area contributed by atoms with Gasteiger partial charge in [-0.25, -0.2) is 0 Å². The van der Waals surface area contributed by atoms with Gasteiger partial charge in [-0.05, 0) is 44.6 Å². The van der Waals surface area contributed by atoms with Crippen LogP contribution in [0, 0.1) is 0 Å². The van der Waals surface area contributed by atoms with Crippen molar-refractivity contribution in [3.8, 4) is 0 Å². The summed E-state index contributed by atoms with van der Waals surface area (Å²) < 4.78 is 16.2. The molecule has 49 heavy (non-hydrogen) atoms. The third-order valence-corrected chi connectivity index (χ3v) is 8.63. The molecule has 0 saturated heterocycles. The molecule has 0 aromatic heterocycles. The normalized spacial score (nSPS) is 13.3. The van der Waals surface area contributed by atoms with Gasteiger partial charge in [0.2, 0.25) is 0 Å². The average Bonchev–Trinajstić information content (AvgIpc) is 3.05. The van der Waals surface area contributed by atoms with Gasteiger partial charge in [0.25, 0.3) is 5.91 Å². The predicted octanol–water partition coefficient (Wildman–Crippen LogP) is 10.4. The Morgan fingerprint density at radius 3 is 1.47 bits per heavy atom. The number of allylic oxidation sites excluding steroid dienone is 3. The molecule has 0 aliphatic rings. The van der Waals surface area contributed by atoms with Crippen LogP contribution >= 0.6 is 0 Å². The lowest BCUT2D eigenvalue weighted by molar-refractivity contribution is -0.156. The molecule has 8 nitrogen and oxygen atoms in total. The second-order valence-corrected chi connectivity index (χ2v) is 13.5. The molecule has 0 aliphatic heterocycles. The smallest absolute Gasteiger partial charge is 0.303 e. The second kappa shape index (κ2) is 33.8. The van der Waals surface area contributed by atoms with Crippen LogP contribution in [-0.4, -0.2) is 48.7 Å². The van der Waals surface area contributed by atoms with Crippen LogP contribution in [0.1, 0.15) is 189 Å². The fourth-order valence-electron chi connectivity index (χ4n) is 5.82. The number of hydrogen-bond donors (Lipinski definition) is 1. The van der Waals surface area contributed by atoms with Crippen LogP contribution in [0.15, 0.2) is 24.3 Å². The molecule has 3 atom stereocenters. The first-order chi connectivity index (χ1) is 23.7. The number of ether oxygens (including phenoxy) is 3. The summed E-state index contributed by atoms with van der Waals surface area (Å²) in [5.41, 5.74) is 0. The number of amides is 1. The number of rotatable bonds is 33. The Morgan fingerprint density at radius 1 is 0.531 bits per heavy atom. The topological polar surface area (TPSA) is 108 Å². The van der Waals surface area contributed by atoms with Crippen molar-refractivity contribution in [1.29, 1.82) is 0 Å². The maximum absolute atomic E-state index is 13.4. The quantitative estimate of drug-likeness (QED) is 0.0316. The molecule has 1 N–H and O–H groups in total. The first-order valence-electron chi connectivity index (χ1n) is 19.8. The van der Waals surface area contributed by atoms with Crippen molar-refractivity contribution in [2.75, 3.05) is 6.61 Å². The Labute approximate surface area is 299 Å². The fraction of sp³-hybridized carbons (Fsp3) is 0.805. The zero-order valence-corrected chi connectivity index (χ0v) is 32.1. The highest BCUT2D eigenvalue weighted by molar-refractivity contribution is 5.83. The zero-order valence-electron chi connectivity index (χ0n) is 32.1. The largest absolute Gasteiger partial charge is 0.464 e. The summed E-state index contributed by atoms with van der Waals surface area (Å²) in [5.74, 6) is -2.07. The Balaban J connectivity index is 4.89. The summed E-state index contributed by atoms with van der Waals surface area (Å²) >= 11 is 0. The SMILES string of the molecule is CCCCCCCCC/C=C/CC/C=C/[C@@H](OC(C)=O)[C@H](COC(C)=O)NC(=O)[C@@H](CCCCCCCCCCCCCCC)OC(C)=O. The molecular formula is C41H73NO7. The number of nitrogens with one attached hydrogen (secondary N) is 1. The van der Waals surface area contributed by atoms with Crippen molar-refractivity contribution in [1.82, 2.24) is 5.32 Å². The summed E-state index contributed by atoms with van der Waals surface area (Å²) in [6, 6.07) is -0.839. The highest BCUT2D eigenvalue weighted by Crippen LogP contribution is 2.16. The van der Waals surface area contributed by atoms with Gasteiger partial charge in [-0.3, -0.25) is 19.2 Å². The van der Waals surface area contributed by atoms with Crippen molar-refractivity contribution in [2.24, 2.45) is 0 Å². The minimum Gasteiger partial charge on any atom is -0.464 e. The molecule has 284 valence electrons. The van der Waals surface area contributed by atoms with E-state index in [2.05, 4.69) is 31.3 Å². The molecule has 0 rings (SSSR count). The van der Waals surface area contributed by atoms with Crippen LogP contribution < -0.4 is 5.32 Å². The Bertz CT molecular complexity index is 900. The summed E-state index contributed by atoms with van der Waals surface area (Å²) in [7, 11) is 0. The lowest BCUT2D eigenvalue weighted by Gasteiger charge is -2.27. The van der Waals surface area contributed by atoms with Crippen LogP contribution in [0.5, 0.6) is 0 Å². The van der Waals surface area contributed by atoms with E-state index in [1.165, 1.54) is 124 Å². The van der Waals surface area contributed by atoms with Crippen molar-refractivity contribution in [2.45, 2.75) is 207 Å². The molecule has 0 unspecified atom stereocenters. The van der Waals surface area contributed by atoms with Crippen molar-refractivity contribution in [3.05, 3.63) is 24.3 Å². The van der Waals surface area contributed by atoms with Crippen molar-refractivity contribution in [3.63, 3.8) is 0 Å². The Kier molecular flexibility index (Phi) is 32.0. The molecule has 0 spiro atoms. The molecular weight excluding hydrogens is 618 g/mol. The van der Waals surface area contributed by atoms with E-state index >= 15 is 0 Å². The van der Waals surface area contributed by atoms with Crippen molar-refractivity contribution < 1.29 is 33.4 Å². The van der Waals surface area contributed by atoms with Gasteiger partial charge in [0.15, 0.2) is 6.10 Å². The van der Waals surface area contributed by atoms with E-state index in [0.717, 1.165) is 44.9 Å². The first-order valence-corrected chi connectivity index (χ1v) is 19.8. The summed E-state index contributed by atoms with van der Waals surface area (Å²) in [6.45, 7) is 8.16. The molecule has 0 aromatic carbocycles. The van der Waals surface area contributed by atoms with Gasteiger partial charge < -0.3 is 19.5 Å². The van der Waals surface area contributed by atoms with Gasteiger partial charge >= 0.3 is 17.9 Å². The van der Waals surface area contributed by atoms with Crippen LogP contribution in [-0.2, 0) is 33.4 Å². The average molecular weight is 692 g/mol. The summed E-state index contributed by atoms with van der Waals surface area (Å²) in [6.07, 6.45) is 34.0. The van der Waals surface area contributed by atoms with E-state index in [1.54, 1.807) is 6.08 Å². The van der Waals surface area contributed by atoms with Crippen LogP contribution in [0.3, 0.4) is 0 Å². The predicted molar refractivity (Wildman–Crippen MR) is 200 cm³/mol. The monoisotopic (exact) mass is 692 g/mol. The maximum atomic E-state index is 13.4. The first kappa shape index (κ1) is 46.4. The van der Waals surface area contributed by atoms with Gasteiger partial charge in [0.1, 0.15) is 18.8 Å². The molecule has 0 saturated carbocycles. The second-order valence-electron chi connectivity index (χ2n) is 13.5. The lowest BCUT2D eigenvalue weighted by atomic mass is 10.0. The highest BCUT2D eigenvalue weighted by Gasteiger charge is 2.29. The van der Waals surface area contributed by atoms with E-state index in [9.17, 15) is 19.2 Å². The third kappa shape index (κ3) is 31.1. The molecule has 0 heterocycles. The zero-order chi connectivity index (χ0) is 36.4. The van der Waals surface area contributed by atoms with Crippen molar-refractivity contribution >= 4 is 23.8 Å². The van der Waals surface area contributed by atoms with Gasteiger partial charge in [-0.15, -0.1) is 0 Å². The van der Waals surface area contributed by atoms with Gasteiger partial charge in [0.05, 0.1) is 0 Å².